The Bertz CT molecular complexity index is 635. The molecule has 1 aromatic carbocycles. The highest BCUT2D eigenvalue weighted by atomic mass is 79.9. The van der Waals surface area contributed by atoms with Crippen molar-refractivity contribution >= 4 is 50.7 Å². The fourth-order valence-corrected chi connectivity index (χ4v) is 2.33. The molecule has 0 saturated heterocycles. The summed E-state index contributed by atoms with van der Waals surface area (Å²) in [6.07, 6.45) is 1.23. The molecule has 0 fully saturated rings. The van der Waals surface area contributed by atoms with Gasteiger partial charge in [-0.25, -0.2) is 0 Å². The van der Waals surface area contributed by atoms with Gasteiger partial charge in [-0.15, -0.1) is 11.3 Å². The Morgan fingerprint density at radius 2 is 2.05 bits per heavy atom. The monoisotopic (exact) mass is 350 g/mol. The number of hydrogen-bond donors (Lipinski definition) is 2. The fraction of sp³-hybridized carbons (Fsp3) is 0. The summed E-state index contributed by atoms with van der Waals surface area (Å²) in [6, 6.07) is 10.9. The van der Waals surface area contributed by atoms with Gasteiger partial charge in [-0.1, -0.05) is 22.0 Å². The van der Waals surface area contributed by atoms with Crippen LogP contribution in [-0.4, -0.2) is 17.7 Å². The van der Waals surface area contributed by atoms with E-state index in [0.29, 0.717) is 4.88 Å². The molecule has 1 aromatic heterocycles. The molecular formula is C13H11BrN4OS. The number of nitrogens with zero attached hydrogens (tertiary/aromatic N) is 2. The topological polar surface area (TPSA) is 79.8 Å². The largest absolute Gasteiger partial charge is 0.323 e. The molecule has 5 nitrogen and oxygen atoms in total. The third kappa shape index (κ3) is 3.75. The van der Waals surface area contributed by atoms with Crippen molar-refractivity contribution in [1.82, 2.24) is 0 Å². The van der Waals surface area contributed by atoms with E-state index < -0.39 is 0 Å². The lowest BCUT2D eigenvalue weighted by atomic mass is 10.2. The minimum atomic E-state index is -0.223. The van der Waals surface area contributed by atoms with Crippen molar-refractivity contribution in [2.45, 2.75) is 0 Å². The van der Waals surface area contributed by atoms with E-state index in [4.69, 9.17) is 5.84 Å². The molecule has 0 atom stereocenters. The van der Waals surface area contributed by atoms with Crippen molar-refractivity contribution in [3.8, 4) is 0 Å². The normalized spacial score (nSPS) is 11.8. The predicted octanol–water partition coefficient (Wildman–Crippen LogP) is 3.11. The number of nitrogens with one attached hydrogen (secondary N) is 1. The Balaban J connectivity index is 2.18. The van der Waals surface area contributed by atoms with E-state index in [2.05, 4.69) is 31.6 Å². The van der Waals surface area contributed by atoms with Crippen molar-refractivity contribution in [2.24, 2.45) is 16.0 Å². The Morgan fingerprint density at radius 3 is 2.65 bits per heavy atom. The van der Waals surface area contributed by atoms with E-state index in [1.165, 1.54) is 17.6 Å². The smallest absolute Gasteiger partial charge is 0.224 e. The number of halogens is 1. The van der Waals surface area contributed by atoms with Crippen LogP contribution < -0.4 is 11.3 Å². The molecule has 0 spiro atoms. The third-order valence-electron chi connectivity index (χ3n) is 2.32. The van der Waals surface area contributed by atoms with Crippen LogP contribution in [0.1, 0.15) is 9.67 Å². The number of carbonyl (C=O) groups excluding carboxylic acids is 1. The lowest BCUT2D eigenvalue weighted by molar-refractivity contribution is 0.107. The van der Waals surface area contributed by atoms with Gasteiger partial charge in [0.1, 0.15) is 0 Å². The average Bonchev–Trinajstić information content (AvgIpc) is 2.98. The second kappa shape index (κ2) is 6.97. The van der Waals surface area contributed by atoms with Crippen molar-refractivity contribution in [3.05, 3.63) is 51.1 Å². The van der Waals surface area contributed by atoms with Crippen LogP contribution in [0.3, 0.4) is 0 Å². The van der Waals surface area contributed by atoms with Crippen LogP contribution in [0.4, 0.5) is 5.69 Å². The zero-order valence-corrected chi connectivity index (χ0v) is 12.7. The standard InChI is InChI=1S/C13H11BrN4OS/c14-9-3-5-10(6-4-9)17-18-11(8-16-15)13(19)12-2-1-7-20-12/h1-8,17H,15H2/b16-8+,18-11+. The van der Waals surface area contributed by atoms with Crippen LogP contribution in [0, 0.1) is 0 Å². The van der Waals surface area contributed by atoms with Crippen molar-refractivity contribution in [1.29, 1.82) is 0 Å². The molecule has 0 bridgehead atoms. The Morgan fingerprint density at radius 1 is 1.30 bits per heavy atom. The second-order valence-electron chi connectivity index (χ2n) is 3.70. The highest BCUT2D eigenvalue weighted by Crippen LogP contribution is 2.14. The van der Waals surface area contributed by atoms with Gasteiger partial charge in [-0.05, 0) is 35.7 Å². The van der Waals surface area contributed by atoms with E-state index in [9.17, 15) is 4.79 Å². The van der Waals surface area contributed by atoms with Crippen LogP contribution in [0.5, 0.6) is 0 Å². The van der Waals surface area contributed by atoms with Crippen LogP contribution in [0.15, 0.2) is 56.5 Å². The second-order valence-corrected chi connectivity index (χ2v) is 5.56. The van der Waals surface area contributed by atoms with Gasteiger partial charge < -0.3 is 5.84 Å². The molecule has 0 unspecified atom stereocenters. The summed E-state index contributed by atoms with van der Waals surface area (Å²) >= 11 is 4.69. The first-order valence-electron chi connectivity index (χ1n) is 5.61. The Hall–Kier alpha value is -1.99. The maximum atomic E-state index is 12.2. The third-order valence-corrected chi connectivity index (χ3v) is 3.72. The molecule has 2 aromatic rings. The molecule has 0 radical (unpaired) electrons. The van der Waals surface area contributed by atoms with Crippen LogP contribution >= 0.6 is 27.3 Å². The number of nitrogens with two attached hydrogens (primary N) is 1. The number of benzene rings is 1. The Labute approximate surface area is 128 Å². The summed E-state index contributed by atoms with van der Waals surface area (Å²) in [4.78, 5) is 12.7. The van der Waals surface area contributed by atoms with Gasteiger partial charge in [-0.3, -0.25) is 10.2 Å². The molecule has 3 N–H and O–H groups in total. The lowest BCUT2D eigenvalue weighted by Gasteiger charge is -2.02. The maximum absolute atomic E-state index is 12.2. The van der Waals surface area contributed by atoms with E-state index in [1.807, 2.05) is 29.6 Å². The summed E-state index contributed by atoms with van der Waals surface area (Å²) in [5.74, 6) is 4.89. The minimum Gasteiger partial charge on any atom is -0.323 e. The number of thiophene rings is 1. The zero-order valence-electron chi connectivity index (χ0n) is 10.3. The molecule has 0 saturated carbocycles. The van der Waals surface area contributed by atoms with Gasteiger partial charge in [0.2, 0.25) is 5.78 Å². The number of Topliss-reactive ketones (excluding diaryl/α,β-unsaturated/α-hetero) is 1. The van der Waals surface area contributed by atoms with Gasteiger partial charge in [0.15, 0.2) is 5.71 Å². The van der Waals surface area contributed by atoms with Gasteiger partial charge in [-0.2, -0.15) is 10.2 Å². The molecule has 0 aliphatic rings. The summed E-state index contributed by atoms with van der Waals surface area (Å²) < 4.78 is 0.963. The lowest BCUT2D eigenvalue weighted by Crippen LogP contribution is -2.17. The van der Waals surface area contributed by atoms with E-state index in [-0.39, 0.29) is 11.5 Å². The van der Waals surface area contributed by atoms with Crippen LogP contribution in [0.2, 0.25) is 0 Å². The van der Waals surface area contributed by atoms with Gasteiger partial charge in [0, 0.05) is 4.47 Å². The summed E-state index contributed by atoms with van der Waals surface area (Å²) in [6.45, 7) is 0. The molecule has 0 aliphatic carbocycles. The van der Waals surface area contributed by atoms with E-state index >= 15 is 0 Å². The number of ketones is 1. The predicted molar refractivity (Wildman–Crippen MR) is 86.5 cm³/mol. The number of hydrazone groups is 2. The van der Waals surface area contributed by atoms with E-state index in [0.717, 1.165) is 10.2 Å². The number of anilines is 1. The van der Waals surface area contributed by atoms with Crippen LogP contribution in [0.25, 0.3) is 0 Å². The molecule has 102 valence electrons. The highest BCUT2D eigenvalue weighted by molar-refractivity contribution is 9.10. The molecular weight excluding hydrogens is 340 g/mol. The molecule has 0 amide bonds. The number of carbonyl (C=O) groups is 1. The number of hydrogen-bond acceptors (Lipinski definition) is 6. The molecule has 20 heavy (non-hydrogen) atoms. The first-order chi connectivity index (χ1) is 9.70. The average molecular weight is 351 g/mol. The first-order valence-corrected chi connectivity index (χ1v) is 7.28. The van der Waals surface area contributed by atoms with Crippen LogP contribution in [-0.2, 0) is 0 Å². The maximum Gasteiger partial charge on any atom is 0.224 e. The highest BCUT2D eigenvalue weighted by Gasteiger charge is 2.13. The minimum absolute atomic E-state index is 0.151. The van der Waals surface area contributed by atoms with Crippen molar-refractivity contribution in [3.63, 3.8) is 0 Å². The van der Waals surface area contributed by atoms with Crippen molar-refractivity contribution < 1.29 is 4.79 Å². The molecule has 0 aliphatic heterocycles. The molecule has 2 rings (SSSR count). The van der Waals surface area contributed by atoms with Gasteiger partial charge >= 0.3 is 0 Å². The molecule has 1 heterocycles. The van der Waals surface area contributed by atoms with Gasteiger partial charge in [0.25, 0.3) is 0 Å². The first kappa shape index (κ1) is 14.4. The Kier molecular flexibility index (Phi) is 5.03. The summed E-state index contributed by atoms with van der Waals surface area (Å²) in [5, 5.41) is 9.25. The van der Waals surface area contributed by atoms with E-state index in [1.54, 1.807) is 12.1 Å². The fourth-order valence-electron chi connectivity index (χ4n) is 1.39. The zero-order chi connectivity index (χ0) is 14.4. The van der Waals surface area contributed by atoms with Crippen molar-refractivity contribution in [2.75, 3.05) is 5.43 Å². The summed E-state index contributed by atoms with van der Waals surface area (Å²) in [5.41, 5.74) is 3.71. The number of rotatable bonds is 5. The SMILES string of the molecule is N/N=C/C(=N\Nc1ccc(Br)cc1)C(=O)c1cccs1. The summed E-state index contributed by atoms with van der Waals surface area (Å²) in [7, 11) is 0. The molecule has 7 heteroatoms. The van der Waals surface area contributed by atoms with Gasteiger partial charge in [0.05, 0.1) is 16.8 Å². The quantitative estimate of drug-likeness (QED) is 0.376.